The summed E-state index contributed by atoms with van der Waals surface area (Å²) in [7, 11) is 0. The molecule has 2 aromatic carbocycles. The van der Waals surface area contributed by atoms with E-state index in [-0.39, 0.29) is 0 Å². The van der Waals surface area contributed by atoms with E-state index in [1.54, 1.807) is 24.4 Å². The number of hydrogen-bond donors (Lipinski definition) is 1. The molecule has 1 heterocycles. The first-order valence-electron chi connectivity index (χ1n) is 5.81. The lowest BCUT2D eigenvalue weighted by atomic mass is 10.1. The predicted molar refractivity (Wildman–Crippen MR) is 77.7 cm³/mol. The van der Waals surface area contributed by atoms with Crippen LogP contribution in [0.25, 0.3) is 10.8 Å². The number of nitrogen functional groups attached to an aromatic ring is 1. The Kier molecular flexibility index (Phi) is 2.97. The van der Waals surface area contributed by atoms with Gasteiger partial charge in [-0.1, -0.05) is 35.9 Å². The number of nitrogens with two attached hydrogens (primary N) is 1. The van der Waals surface area contributed by atoms with Crippen LogP contribution in [0.2, 0.25) is 5.02 Å². The molecule has 0 bridgehead atoms. The van der Waals surface area contributed by atoms with Gasteiger partial charge in [0.25, 0.3) is 0 Å². The third-order valence-electron chi connectivity index (χ3n) is 2.84. The fourth-order valence-electron chi connectivity index (χ4n) is 1.92. The number of fused-ring (bicyclic) bond motifs is 1. The first-order valence-corrected chi connectivity index (χ1v) is 6.19. The van der Waals surface area contributed by atoms with Gasteiger partial charge in [-0.25, -0.2) is 4.98 Å². The lowest BCUT2D eigenvalue weighted by Gasteiger charge is -2.10. The molecule has 3 aromatic rings. The number of anilines is 1. The monoisotopic (exact) mass is 270 g/mol. The summed E-state index contributed by atoms with van der Waals surface area (Å²) in [6, 6.07) is 14.9. The second-order valence-corrected chi connectivity index (χ2v) is 4.50. The Morgan fingerprint density at radius 3 is 2.53 bits per heavy atom. The summed E-state index contributed by atoms with van der Waals surface area (Å²) in [5.41, 5.74) is 6.33. The smallest absolute Gasteiger partial charge is 0.242 e. The van der Waals surface area contributed by atoms with Crippen LogP contribution >= 0.6 is 11.6 Å². The average Bonchev–Trinajstić information content (AvgIpc) is 2.44. The van der Waals surface area contributed by atoms with Crippen LogP contribution in [0.1, 0.15) is 0 Å². The highest BCUT2D eigenvalue weighted by molar-refractivity contribution is 6.35. The van der Waals surface area contributed by atoms with Gasteiger partial charge in [0.05, 0.1) is 5.69 Å². The topological polar surface area (TPSA) is 48.1 Å². The molecule has 19 heavy (non-hydrogen) atoms. The van der Waals surface area contributed by atoms with Crippen LogP contribution in [-0.4, -0.2) is 4.98 Å². The zero-order valence-electron chi connectivity index (χ0n) is 10.0. The molecular weight excluding hydrogens is 260 g/mol. The van der Waals surface area contributed by atoms with Gasteiger partial charge >= 0.3 is 0 Å². The predicted octanol–water partition coefficient (Wildman–Crippen LogP) is 4.26. The van der Waals surface area contributed by atoms with Crippen molar-refractivity contribution in [3.8, 4) is 11.6 Å². The molecule has 3 rings (SSSR count). The number of nitrogens with zero attached hydrogens (tertiary/aromatic N) is 1. The molecular formula is C15H11ClN2O. The molecule has 1 aromatic heterocycles. The molecule has 0 spiro atoms. The standard InChI is InChI=1S/C15H11ClN2O/c16-12-7-8-14(11-5-2-1-4-10(11)12)19-15-13(17)6-3-9-18-15/h1-9H,17H2. The molecule has 0 saturated carbocycles. The first-order chi connectivity index (χ1) is 9.25. The molecule has 0 amide bonds. The highest BCUT2D eigenvalue weighted by atomic mass is 35.5. The summed E-state index contributed by atoms with van der Waals surface area (Å²) >= 11 is 6.17. The van der Waals surface area contributed by atoms with Crippen LogP contribution in [0, 0.1) is 0 Å². The molecule has 0 aliphatic heterocycles. The number of ether oxygens (including phenoxy) is 1. The number of pyridine rings is 1. The molecule has 0 aliphatic carbocycles. The van der Waals surface area contributed by atoms with Crippen LogP contribution in [0.4, 0.5) is 5.69 Å². The molecule has 0 fully saturated rings. The van der Waals surface area contributed by atoms with Crippen molar-refractivity contribution in [1.82, 2.24) is 4.98 Å². The van der Waals surface area contributed by atoms with Crippen molar-refractivity contribution in [1.29, 1.82) is 0 Å². The Morgan fingerprint density at radius 1 is 0.947 bits per heavy atom. The molecule has 4 heteroatoms. The molecule has 0 unspecified atom stereocenters. The van der Waals surface area contributed by atoms with Crippen molar-refractivity contribution in [3.05, 3.63) is 59.8 Å². The Morgan fingerprint density at radius 2 is 1.74 bits per heavy atom. The lowest BCUT2D eigenvalue weighted by molar-refractivity contribution is 0.471. The summed E-state index contributed by atoms with van der Waals surface area (Å²) in [4.78, 5) is 4.12. The highest BCUT2D eigenvalue weighted by Gasteiger charge is 2.08. The van der Waals surface area contributed by atoms with Gasteiger partial charge in [0.15, 0.2) is 0 Å². The Labute approximate surface area is 115 Å². The van der Waals surface area contributed by atoms with Gasteiger partial charge in [0.1, 0.15) is 5.75 Å². The zero-order valence-corrected chi connectivity index (χ0v) is 10.8. The Hall–Kier alpha value is -2.26. The molecule has 3 nitrogen and oxygen atoms in total. The van der Waals surface area contributed by atoms with Crippen molar-refractivity contribution in [2.45, 2.75) is 0 Å². The summed E-state index contributed by atoms with van der Waals surface area (Å²) in [6.45, 7) is 0. The maximum Gasteiger partial charge on any atom is 0.242 e. The van der Waals surface area contributed by atoms with E-state index >= 15 is 0 Å². The number of aromatic nitrogens is 1. The lowest BCUT2D eigenvalue weighted by Crippen LogP contribution is -1.94. The highest BCUT2D eigenvalue weighted by Crippen LogP contribution is 2.34. The summed E-state index contributed by atoms with van der Waals surface area (Å²) < 4.78 is 5.78. The maximum absolute atomic E-state index is 6.17. The van der Waals surface area contributed by atoms with E-state index in [1.807, 2.05) is 30.3 Å². The van der Waals surface area contributed by atoms with E-state index in [2.05, 4.69) is 4.98 Å². The summed E-state index contributed by atoms with van der Waals surface area (Å²) in [5, 5.41) is 2.56. The second kappa shape index (κ2) is 4.78. The van der Waals surface area contributed by atoms with Crippen molar-refractivity contribution in [2.24, 2.45) is 0 Å². The first kappa shape index (κ1) is 11.8. The van der Waals surface area contributed by atoms with Gasteiger partial charge in [-0.2, -0.15) is 0 Å². The van der Waals surface area contributed by atoms with E-state index in [4.69, 9.17) is 22.1 Å². The minimum absolute atomic E-state index is 0.398. The van der Waals surface area contributed by atoms with E-state index in [1.165, 1.54) is 0 Å². The van der Waals surface area contributed by atoms with Crippen LogP contribution in [0.3, 0.4) is 0 Å². The zero-order chi connectivity index (χ0) is 13.2. The van der Waals surface area contributed by atoms with Gasteiger partial charge in [-0.05, 0) is 24.3 Å². The molecule has 0 saturated heterocycles. The van der Waals surface area contributed by atoms with Crippen LogP contribution < -0.4 is 10.5 Å². The maximum atomic E-state index is 6.17. The molecule has 2 N–H and O–H groups in total. The largest absolute Gasteiger partial charge is 0.436 e. The number of hydrogen-bond acceptors (Lipinski definition) is 3. The van der Waals surface area contributed by atoms with E-state index < -0.39 is 0 Å². The van der Waals surface area contributed by atoms with Crippen LogP contribution in [0.15, 0.2) is 54.7 Å². The third-order valence-corrected chi connectivity index (χ3v) is 3.17. The fraction of sp³-hybridized carbons (Fsp3) is 0. The van der Waals surface area contributed by atoms with Crippen molar-refractivity contribution in [3.63, 3.8) is 0 Å². The Balaban J connectivity index is 2.12. The summed E-state index contributed by atoms with van der Waals surface area (Å²) in [5.74, 6) is 1.08. The fourth-order valence-corrected chi connectivity index (χ4v) is 2.14. The third kappa shape index (κ3) is 2.20. The number of rotatable bonds is 2. The van der Waals surface area contributed by atoms with Crippen LogP contribution in [-0.2, 0) is 0 Å². The van der Waals surface area contributed by atoms with Crippen LogP contribution in [0.5, 0.6) is 11.6 Å². The normalized spacial score (nSPS) is 10.6. The quantitative estimate of drug-likeness (QED) is 0.757. The molecule has 0 radical (unpaired) electrons. The molecule has 0 atom stereocenters. The average molecular weight is 271 g/mol. The minimum atomic E-state index is 0.398. The minimum Gasteiger partial charge on any atom is -0.436 e. The van der Waals surface area contributed by atoms with Gasteiger partial charge in [-0.3, -0.25) is 0 Å². The van der Waals surface area contributed by atoms with Gasteiger partial charge in [-0.15, -0.1) is 0 Å². The van der Waals surface area contributed by atoms with Gasteiger partial charge in [0, 0.05) is 22.0 Å². The molecule has 94 valence electrons. The van der Waals surface area contributed by atoms with Crippen molar-refractivity contribution >= 4 is 28.1 Å². The van der Waals surface area contributed by atoms with E-state index in [0.29, 0.717) is 22.3 Å². The van der Waals surface area contributed by atoms with E-state index in [9.17, 15) is 0 Å². The number of benzene rings is 2. The van der Waals surface area contributed by atoms with E-state index in [0.717, 1.165) is 10.8 Å². The SMILES string of the molecule is Nc1cccnc1Oc1ccc(Cl)c2ccccc12. The Bertz CT molecular complexity index is 743. The van der Waals surface area contributed by atoms with Crippen molar-refractivity contribution < 1.29 is 4.74 Å². The molecule has 0 aliphatic rings. The van der Waals surface area contributed by atoms with Gasteiger partial charge < -0.3 is 10.5 Å². The summed E-state index contributed by atoms with van der Waals surface area (Å²) in [6.07, 6.45) is 1.64. The van der Waals surface area contributed by atoms with Crippen molar-refractivity contribution in [2.75, 3.05) is 5.73 Å². The van der Waals surface area contributed by atoms with Gasteiger partial charge in [0.2, 0.25) is 5.88 Å². The number of halogens is 1. The second-order valence-electron chi connectivity index (χ2n) is 4.09.